The lowest BCUT2D eigenvalue weighted by atomic mass is 9.99. The van der Waals surface area contributed by atoms with Gasteiger partial charge in [0.05, 0.1) is 11.7 Å². The van der Waals surface area contributed by atoms with E-state index in [0.29, 0.717) is 19.4 Å². The lowest BCUT2D eigenvalue weighted by Gasteiger charge is -2.25. The highest BCUT2D eigenvalue weighted by Crippen LogP contribution is 2.16. The summed E-state index contributed by atoms with van der Waals surface area (Å²) in [6, 6.07) is 0. The monoisotopic (exact) mass is 161 g/mol. The maximum Gasteiger partial charge on any atom is 0.0647 e. The van der Waals surface area contributed by atoms with E-state index in [9.17, 15) is 5.11 Å². The van der Waals surface area contributed by atoms with Gasteiger partial charge in [0.15, 0.2) is 0 Å². The Bertz CT molecular complexity index is 104. The minimum atomic E-state index is -0.338. The van der Waals surface area contributed by atoms with Crippen LogP contribution in [0.25, 0.3) is 0 Å². The Kier molecular flexibility index (Phi) is 4.65. The third-order valence-corrected chi connectivity index (χ3v) is 1.78. The molecule has 0 saturated carbocycles. The van der Waals surface area contributed by atoms with E-state index < -0.39 is 0 Å². The Morgan fingerprint density at radius 3 is 2.45 bits per heavy atom. The molecule has 0 amide bonds. The maximum absolute atomic E-state index is 9.36. The van der Waals surface area contributed by atoms with Gasteiger partial charge in [0.1, 0.15) is 0 Å². The van der Waals surface area contributed by atoms with E-state index in [4.69, 9.17) is 10.5 Å². The van der Waals surface area contributed by atoms with Crippen molar-refractivity contribution in [3.8, 4) is 0 Å². The van der Waals surface area contributed by atoms with Gasteiger partial charge in [-0.15, -0.1) is 0 Å². The number of aliphatic hydroxyl groups is 1. The predicted molar refractivity (Wildman–Crippen MR) is 45.4 cm³/mol. The summed E-state index contributed by atoms with van der Waals surface area (Å²) in [6.45, 7) is 4.43. The second kappa shape index (κ2) is 4.70. The lowest BCUT2D eigenvalue weighted by Crippen LogP contribution is -2.29. The fourth-order valence-corrected chi connectivity index (χ4v) is 0.945. The van der Waals surface area contributed by atoms with Gasteiger partial charge >= 0.3 is 0 Å². The van der Waals surface area contributed by atoms with Crippen LogP contribution in [-0.2, 0) is 4.74 Å². The second-order valence-electron chi connectivity index (χ2n) is 3.40. The van der Waals surface area contributed by atoms with Gasteiger partial charge in [0.2, 0.25) is 0 Å². The largest absolute Gasteiger partial charge is 0.393 e. The average molecular weight is 161 g/mol. The molecule has 3 nitrogen and oxygen atoms in total. The third kappa shape index (κ3) is 5.18. The molecule has 68 valence electrons. The lowest BCUT2D eigenvalue weighted by molar-refractivity contribution is -0.0204. The molecule has 0 saturated heterocycles. The average Bonchev–Trinajstić information content (AvgIpc) is 1.87. The molecule has 1 unspecified atom stereocenters. The van der Waals surface area contributed by atoms with Crippen molar-refractivity contribution in [2.45, 2.75) is 38.4 Å². The zero-order chi connectivity index (χ0) is 8.91. The summed E-state index contributed by atoms with van der Waals surface area (Å²) in [5.41, 5.74) is 5.05. The van der Waals surface area contributed by atoms with Crippen LogP contribution in [-0.4, -0.2) is 30.5 Å². The van der Waals surface area contributed by atoms with E-state index in [1.165, 1.54) is 0 Å². The zero-order valence-electron chi connectivity index (χ0n) is 7.63. The number of hydrogen-bond acceptors (Lipinski definition) is 3. The molecule has 0 radical (unpaired) electrons. The van der Waals surface area contributed by atoms with Gasteiger partial charge in [-0.25, -0.2) is 0 Å². The summed E-state index contributed by atoms with van der Waals surface area (Å²) < 4.78 is 5.15. The Labute approximate surface area is 68.5 Å². The van der Waals surface area contributed by atoms with Crippen LogP contribution in [0, 0.1) is 0 Å². The van der Waals surface area contributed by atoms with Crippen LogP contribution in [0.15, 0.2) is 0 Å². The first-order valence-corrected chi connectivity index (χ1v) is 3.95. The first-order chi connectivity index (χ1) is 5.02. The van der Waals surface area contributed by atoms with Gasteiger partial charge in [-0.3, -0.25) is 0 Å². The highest BCUT2D eigenvalue weighted by molar-refractivity contribution is 4.72. The number of hydrogen-bond donors (Lipinski definition) is 2. The number of aliphatic hydroxyl groups excluding tert-OH is 1. The molecule has 0 heterocycles. The molecule has 11 heavy (non-hydrogen) atoms. The summed E-state index contributed by atoms with van der Waals surface area (Å²) in [4.78, 5) is 0. The molecule has 0 aliphatic heterocycles. The van der Waals surface area contributed by atoms with E-state index in [1.54, 1.807) is 7.11 Å². The molecule has 0 aromatic carbocycles. The highest BCUT2D eigenvalue weighted by atomic mass is 16.5. The summed E-state index contributed by atoms with van der Waals surface area (Å²) >= 11 is 0. The van der Waals surface area contributed by atoms with E-state index >= 15 is 0 Å². The Hall–Kier alpha value is -0.120. The van der Waals surface area contributed by atoms with Crippen molar-refractivity contribution < 1.29 is 9.84 Å². The third-order valence-electron chi connectivity index (χ3n) is 1.78. The van der Waals surface area contributed by atoms with E-state index in [2.05, 4.69) is 0 Å². The van der Waals surface area contributed by atoms with Crippen molar-refractivity contribution in [3.05, 3.63) is 0 Å². The Balaban J connectivity index is 3.64. The fraction of sp³-hybridized carbons (Fsp3) is 1.00. The summed E-state index contributed by atoms with van der Waals surface area (Å²) in [6.07, 6.45) is 0.947. The number of ether oxygens (including phenoxy) is 1. The molecular formula is C8H19NO2. The van der Waals surface area contributed by atoms with E-state index in [0.717, 1.165) is 0 Å². The van der Waals surface area contributed by atoms with E-state index in [-0.39, 0.29) is 11.7 Å². The highest BCUT2D eigenvalue weighted by Gasteiger charge is 2.20. The predicted octanol–water partition coefficient (Wildman–Crippen LogP) is 0.511. The van der Waals surface area contributed by atoms with Crippen molar-refractivity contribution in [1.82, 2.24) is 0 Å². The molecule has 0 aliphatic rings. The first kappa shape index (κ1) is 10.9. The molecule has 0 aromatic heterocycles. The number of rotatable bonds is 5. The Morgan fingerprint density at radius 2 is 2.09 bits per heavy atom. The first-order valence-electron chi connectivity index (χ1n) is 3.95. The van der Waals surface area contributed by atoms with Crippen LogP contribution in [0.5, 0.6) is 0 Å². The van der Waals surface area contributed by atoms with E-state index in [1.807, 2.05) is 13.8 Å². The maximum atomic E-state index is 9.36. The van der Waals surface area contributed by atoms with Crippen molar-refractivity contribution in [2.24, 2.45) is 5.73 Å². The van der Waals surface area contributed by atoms with Crippen LogP contribution in [0.1, 0.15) is 26.7 Å². The molecule has 0 aliphatic carbocycles. The molecule has 3 N–H and O–H groups in total. The summed E-state index contributed by atoms with van der Waals surface area (Å²) in [7, 11) is 1.65. The summed E-state index contributed by atoms with van der Waals surface area (Å²) in [5.74, 6) is 0. The van der Waals surface area contributed by atoms with Crippen molar-refractivity contribution >= 4 is 0 Å². The van der Waals surface area contributed by atoms with Crippen LogP contribution in [0.2, 0.25) is 0 Å². The molecule has 1 atom stereocenters. The molecule has 0 fully saturated rings. The molecule has 0 rings (SSSR count). The minimum absolute atomic E-state index is 0.241. The van der Waals surface area contributed by atoms with Crippen molar-refractivity contribution in [2.75, 3.05) is 13.7 Å². The van der Waals surface area contributed by atoms with Crippen molar-refractivity contribution in [3.63, 3.8) is 0 Å². The van der Waals surface area contributed by atoms with Gasteiger partial charge in [0, 0.05) is 13.5 Å². The topological polar surface area (TPSA) is 55.5 Å². The normalized spacial score (nSPS) is 15.0. The van der Waals surface area contributed by atoms with Crippen LogP contribution >= 0.6 is 0 Å². The van der Waals surface area contributed by atoms with Gasteiger partial charge in [-0.2, -0.15) is 0 Å². The molecule has 0 spiro atoms. The van der Waals surface area contributed by atoms with Gasteiger partial charge in [-0.1, -0.05) is 0 Å². The molecule has 0 bridgehead atoms. The SMILES string of the molecule is COC(C)(C)CC(O)CCN. The zero-order valence-corrected chi connectivity index (χ0v) is 7.63. The molecule has 0 aromatic rings. The smallest absolute Gasteiger partial charge is 0.0647 e. The number of nitrogens with two attached hydrogens (primary N) is 1. The minimum Gasteiger partial charge on any atom is -0.393 e. The van der Waals surface area contributed by atoms with Gasteiger partial charge < -0.3 is 15.6 Å². The molecular weight excluding hydrogens is 142 g/mol. The number of methoxy groups -OCH3 is 1. The second-order valence-corrected chi connectivity index (χ2v) is 3.40. The Morgan fingerprint density at radius 1 is 1.55 bits per heavy atom. The van der Waals surface area contributed by atoms with Crippen molar-refractivity contribution in [1.29, 1.82) is 0 Å². The van der Waals surface area contributed by atoms with Crippen LogP contribution in [0.3, 0.4) is 0 Å². The quantitative estimate of drug-likeness (QED) is 0.617. The van der Waals surface area contributed by atoms with Crippen LogP contribution < -0.4 is 5.73 Å². The molecule has 3 heteroatoms. The fourth-order valence-electron chi connectivity index (χ4n) is 0.945. The van der Waals surface area contributed by atoms with Gasteiger partial charge in [0.25, 0.3) is 0 Å². The van der Waals surface area contributed by atoms with Crippen LogP contribution in [0.4, 0.5) is 0 Å². The van der Waals surface area contributed by atoms with Gasteiger partial charge in [-0.05, 0) is 26.8 Å². The standard InChI is InChI=1S/C8H19NO2/c1-8(2,11-3)6-7(10)4-5-9/h7,10H,4-6,9H2,1-3H3. The summed E-state index contributed by atoms with van der Waals surface area (Å²) in [5, 5.41) is 9.36.